The maximum atomic E-state index is 14.3. The van der Waals surface area contributed by atoms with Crippen molar-refractivity contribution in [1.82, 2.24) is 15.0 Å². The molecule has 168 valence electrons. The normalized spacial score (nSPS) is 11.1. The molecule has 2 aromatic carbocycles. The molecule has 9 nitrogen and oxygen atoms in total. The molecule has 0 saturated heterocycles. The van der Waals surface area contributed by atoms with E-state index in [-0.39, 0.29) is 16.7 Å². The predicted octanol–water partition coefficient (Wildman–Crippen LogP) is 4.25. The van der Waals surface area contributed by atoms with E-state index >= 15 is 0 Å². The number of ether oxygens (including phenoxy) is 1. The molecule has 0 spiro atoms. The van der Waals surface area contributed by atoms with Crippen LogP contribution in [0.4, 0.5) is 27.5 Å². The summed E-state index contributed by atoms with van der Waals surface area (Å²) in [5, 5.41) is 11.0. The number of halogens is 1. The summed E-state index contributed by atoms with van der Waals surface area (Å²) in [4.78, 5) is 12.0. The van der Waals surface area contributed by atoms with Crippen LogP contribution in [0, 0.1) is 12.7 Å². The molecule has 33 heavy (non-hydrogen) atoms. The van der Waals surface area contributed by atoms with Crippen LogP contribution in [-0.2, 0) is 10.0 Å². The van der Waals surface area contributed by atoms with Crippen LogP contribution in [0.5, 0.6) is 11.5 Å². The third kappa shape index (κ3) is 5.59. The van der Waals surface area contributed by atoms with E-state index < -0.39 is 15.8 Å². The Hall–Kier alpha value is -4.09. The Labute approximate surface area is 189 Å². The fourth-order valence-electron chi connectivity index (χ4n) is 2.92. The fourth-order valence-corrected chi connectivity index (χ4v) is 3.72. The SMILES string of the molecule is Cc1ccc(Nc2ncc(F)c(Nc3ccc(Oc4cccnc4)cc3)n2)cc1S(N)(=O)=O. The summed E-state index contributed by atoms with van der Waals surface area (Å²) in [6.07, 6.45) is 4.25. The Kier molecular flexibility index (Phi) is 6.16. The molecule has 0 aliphatic carbocycles. The Morgan fingerprint density at radius 3 is 2.42 bits per heavy atom. The van der Waals surface area contributed by atoms with Gasteiger partial charge in [0, 0.05) is 17.6 Å². The number of nitrogens with one attached hydrogen (secondary N) is 2. The van der Waals surface area contributed by atoms with Crippen LogP contribution in [0.2, 0.25) is 0 Å². The standard InChI is InChI=1S/C22H19FN6O3S/c1-14-4-5-16(11-20(14)33(24,30)31)28-22-26-13-19(23)21(29-22)27-15-6-8-17(9-7-15)32-18-3-2-10-25-12-18/h2-13H,1H3,(H2,24,30,31)(H2,26,27,28,29). The number of aromatic nitrogens is 3. The number of nitrogens with zero attached hydrogens (tertiary/aromatic N) is 3. The van der Waals surface area contributed by atoms with Crippen molar-refractivity contribution in [1.29, 1.82) is 0 Å². The molecular formula is C22H19FN6O3S. The highest BCUT2D eigenvalue weighted by atomic mass is 32.2. The van der Waals surface area contributed by atoms with Crippen molar-refractivity contribution < 1.29 is 17.5 Å². The number of aryl methyl sites for hydroxylation is 1. The second-order valence-electron chi connectivity index (χ2n) is 6.98. The van der Waals surface area contributed by atoms with Gasteiger partial charge in [0.05, 0.1) is 17.3 Å². The van der Waals surface area contributed by atoms with Gasteiger partial charge in [-0.3, -0.25) is 4.98 Å². The second-order valence-corrected chi connectivity index (χ2v) is 8.51. The van der Waals surface area contributed by atoms with Crippen molar-refractivity contribution in [2.45, 2.75) is 11.8 Å². The van der Waals surface area contributed by atoms with Crippen LogP contribution in [0.15, 0.2) is 78.1 Å². The lowest BCUT2D eigenvalue weighted by molar-refractivity contribution is 0.480. The van der Waals surface area contributed by atoms with E-state index in [1.807, 2.05) is 0 Å². The topological polar surface area (TPSA) is 132 Å². The van der Waals surface area contributed by atoms with Gasteiger partial charge in [0.2, 0.25) is 16.0 Å². The van der Waals surface area contributed by atoms with Crippen molar-refractivity contribution in [3.63, 3.8) is 0 Å². The van der Waals surface area contributed by atoms with Gasteiger partial charge in [-0.05, 0) is 61.0 Å². The van der Waals surface area contributed by atoms with Gasteiger partial charge >= 0.3 is 0 Å². The molecular weight excluding hydrogens is 447 g/mol. The van der Waals surface area contributed by atoms with Crippen LogP contribution in [0.1, 0.15) is 5.56 Å². The van der Waals surface area contributed by atoms with Gasteiger partial charge in [-0.15, -0.1) is 0 Å². The lowest BCUT2D eigenvalue weighted by atomic mass is 10.2. The maximum Gasteiger partial charge on any atom is 0.238 e. The van der Waals surface area contributed by atoms with Crippen LogP contribution in [0.25, 0.3) is 0 Å². The number of hydrogen-bond acceptors (Lipinski definition) is 8. The first kappa shape index (κ1) is 22.1. The molecule has 0 radical (unpaired) electrons. The first-order valence-electron chi connectivity index (χ1n) is 9.66. The smallest absolute Gasteiger partial charge is 0.238 e. The molecule has 0 atom stereocenters. The molecule has 11 heteroatoms. The molecule has 2 aromatic heterocycles. The van der Waals surface area contributed by atoms with Crippen molar-refractivity contribution in [2.24, 2.45) is 5.14 Å². The van der Waals surface area contributed by atoms with E-state index in [0.29, 0.717) is 28.4 Å². The molecule has 0 fully saturated rings. The zero-order chi connectivity index (χ0) is 23.4. The summed E-state index contributed by atoms with van der Waals surface area (Å²) in [5.41, 5.74) is 1.46. The summed E-state index contributed by atoms with van der Waals surface area (Å²) >= 11 is 0. The van der Waals surface area contributed by atoms with Gasteiger partial charge in [0.25, 0.3) is 0 Å². The number of anilines is 4. The lowest BCUT2D eigenvalue weighted by Crippen LogP contribution is -2.14. The van der Waals surface area contributed by atoms with Gasteiger partial charge in [0.15, 0.2) is 11.6 Å². The molecule has 4 aromatic rings. The highest BCUT2D eigenvalue weighted by Gasteiger charge is 2.13. The minimum absolute atomic E-state index is 0.0263. The Morgan fingerprint density at radius 2 is 1.73 bits per heavy atom. The number of pyridine rings is 1. The Morgan fingerprint density at radius 1 is 0.970 bits per heavy atom. The zero-order valence-corrected chi connectivity index (χ0v) is 18.2. The minimum Gasteiger partial charge on any atom is -0.456 e. The first-order valence-corrected chi connectivity index (χ1v) is 11.2. The quantitative estimate of drug-likeness (QED) is 0.368. The van der Waals surface area contributed by atoms with E-state index in [4.69, 9.17) is 9.88 Å². The molecule has 4 N–H and O–H groups in total. The van der Waals surface area contributed by atoms with Gasteiger partial charge in [-0.1, -0.05) is 6.07 Å². The van der Waals surface area contributed by atoms with E-state index in [9.17, 15) is 12.8 Å². The van der Waals surface area contributed by atoms with Gasteiger partial charge < -0.3 is 15.4 Å². The number of benzene rings is 2. The third-order valence-electron chi connectivity index (χ3n) is 4.48. The Balaban J connectivity index is 1.50. The lowest BCUT2D eigenvalue weighted by Gasteiger charge is -2.11. The molecule has 0 aliphatic heterocycles. The van der Waals surface area contributed by atoms with Crippen LogP contribution in [-0.4, -0.2) is 23.4 Å². The number of sulfonamides is 1. The first-order chi connectivity index (χ1) is 15.8. The van der Waals surface area contributed by atoms with E-state index in [0.717, 1.165) is 6.20 Å². The summed E-state index contributed by atoms with van der Waals surface area (Å²) < 4.78 is 43.4. The van der Waals surface area contributed by atoms with Gasteiger partial charge in [-0.2, -0.15) is 4.98 Å². The van der Waals surface area contributed by atoms with Crippen molar-refractivity contribution >= 4 is 33.2 Å². The van der Waals surface area contributed by atoms with Crippen LogP contribution in [0.3, 0.4) is 0 Å². The number of hydrogen-bond donors (Lipinski definition) is 3. The molecule has 0 amide bonds. The maximum absolute atomic E-state index is 14.3. The van der Waals surface area contributed by atoms with E-state index in [1.165, 1.54) is 6.07 Å². The molecule has 0 aliphatic rings. The molecule has 0 unspecified atom stereocenters. The molecule has 4 rings (SSSR count). The summed E-state index contributed by atoms with van der Waals surface area (Å²) in [7, 11) is -3.89. The average molecular weight is 466 g/mol. The van der Waals surface area contributed by atoms with Crippen molar-refractivity contribution in [2.75, 3.05) is 10.6 Å². The largest absolute Gasteiger partial charge is 0.456 e. The monoisotopic (exact) mass is 466 g/mol. The summed E-state index contributed by atoms with van der Waals surface area (Å²) in [6.45, 7) is 1.63. The van der Waals surface area contributed by atoms with E-state index in [1.54, 1.807) is 67.8 Å². The third-order valence-corrected chi connectivity index (χ3v) is 5.53. The van der Waals surface area contributed by atoms with Crippen molar-refractivity contribution in [3.05, 3.63) is 84.6 Å². The summed E-state index contributed by atoms with van der Waals surface area (Å²) in [6, 6.07) is 15.0. The molecule has 0 saturated carbocycles. The number of nitrogens with two attached hydrogens (primary N) is 1. The van der Waals surface area contributed by atoms with Gasteiger partial charge in [-0.25, -0.2) is 22.9 Å². The summed E-state index contributed by atoms with van der Waals surface area (Å²) in [5.74, 6) is 0.527. The molecule has 2 heterocycles. The van der Waals surface area contributed by atoms with Gasteiger partial charge in [0.1, 0.15) is 11.5 Å². The average Bonchev–Trinajstić information content (AvgIpc) is 2.78. The van der Waals surface area contributed by atoms with Crippen LogP contribution >= 0.6 is 0 Å². The fraction of sp³-hybridized carbons (Fsp3) is 0.0455. The van der Waals surface area contributed by atoms with Crippen LogP contribution < -0.4 is 20.5 Å². The second kappa shape index (κ2) is 9.18. The highest BCUT2D eigenvalue weighted by molar-refractivity contribution is 7.89. The molecule has 0 bridgehead atoms. The van der Waals surface area contributed by atoms with Crippen molar-refractivity contribution in [3.8, 4) is 11.5 Å². The van der Waals surface area contributed by atoms with E-state index in [2.05, 4.69) is 25.6 Å². The minimum atomic E-state index is -3.89. The zero-order valence-electron chi connectivity index (χ0n) is 17.4. The predicted molar refractivity (Wildman–Crippen MR) is 122 cm³/mol. The Bertz CT molecular complexity index is 1380. The number of primary sulfonamides is 1. The number of rotatable bonds is 7. The highest BCUT2D eigenvalue weighted by Crippen LogP contribution is 2.26.